The van der Waals surface area contributed by atoms with Crippen LogP contribution in [0.4, 0.5) is 5.69 Å². The van der Waals surface area contributed by atoms with Gasteiger partial charge < -0.3 is 14.5 Å². The van der Waals surface area contributed by atoms with E-state index in [0.29, 0.717) is 27.5 Å². The fourth-order valence-corrected chi connectivity index (χ4v) is 4.40. The summed E-state index contributed by atoms with van der Waals surface area (Å²) in [7, 11) is 0. The SMILES string of the molecule is CCSc1oc2c([C@@H](C)Nc3ccc(Cl)nc3C(=O)OC(C)(C)C)cc(C)cc2c(=O)c1Cl. The summed E-state index contributed by atoms with van der Waals surface area (Å²) in [5, 5.41) is 4.36. The summed E-state index contributed by atoms with van der Waals surface area (Å²) < 4.78 is 11.6. The molecule has 1 N–H and O–H groups in total. The molecule has 0 amide bonds. The molecule has 1 atom stereocenters. The highest BCUT2D eigenvalue weighted by molar-refractivity contribution is 7.99. The topological polar surface area (TPSA) is 81.4 Å². The van der Waals surface area contributed by atoms with E-state index in [4.69, 9.17) is 32.4 Å². The minimum atomic E-state index is -0.688. The maximum Gasteiger partial charge on any atom is 0.359 e. The third-order valence-electron chi connectivity index (χ3n) is 4.65. The number of aryl methyl sites for hydroxylation is 1. The molecule has 0 aliphatic carbocycles. The summed E-state index contributed by atoms with van der Waals surface area (Å²) >= 11 is 13.7. The molecule has 6 nitrogen and oxygen atoms in total. The van der Waals surface area contributed by atoms with Gasteiger partial charge in [-0.25, -0.2) is 9.78 Å². The maximum atomic E-state index is 12.9. The summed E-state index contributed by atoms with van der Waals surface area (Å²) in [6.45, 7) is 11.1. The third kappa shape index (κ3) is 5.83. The Hall–Kier alpha value is -2.22. The van der Waals surface area contributed by atoms with Crippen LogP contribution in [0.15, 0.2) is 38.6 Å². The predicted molar refractivity (Wildman–Crippen MR) is 135 cm³/mol. The summed E-state index contributed by atoms with van der Waals surface area (Å²) in [5.74, 6) is 0.118. The number of hydrogen-bond donors (Lipinski definition) is 1. The van der Waals surface area contributed by atoms with Crippen molar-refractivity contribution in [1.82, 2.24) is 4.98 Å². The average molecular weight is 509 g/mol. The van der Waals surface area contributed by atoms with Crippen LogP contribution in [0.25, 0.3) is 11.0 Å². The van der Waals surface area contributed by atoms with Crippen LogP contribution in [0, 0.1) is 6.92 Å². The van der Waals surface area contributed by atoms with Gasteiger partial charge in [0.1, 0.15) is 21.4 Å². The van der Waals surface area contributed by atoms with E-state index in [-0.39, 0.29) is 27.3 Å². The van der Waals surface area contributed by atoms with Crippen molar-refractivity contribution in [3.63, 3.8) is 0 Å². The highest BCUT2D eigenvalue weighted by Crippen LogP contribution is 2.34. The normalized spacial score (nSPS) is 12.6. The Morgan fingerprint density at radius 1 is 1.27 bits per heavy atom. The second-order valence-corrected chi connectivity index (χ2v) is 10.6. The molecule has 0 fully saturated rings. The second kappa shape index (κ2) is 9.95. The zero-order chi connectivity index (χ0) is 24.5. The van der Waals surface area contributed by atoms with E-state index < -0.39 is 11.6 Å². The molecule has 0 unspecified atom stereocenters. The molecule has 0 saturated carbocycles. The quantitative estimate of drug-likeness (QED) is 0.217. The molecule has 9 heteroatoms. The predicted octanol–water partition coefficient (Wildman–Crippen LogP) is 7.04. The Kier molecular flexibility index (Phi) is 7.66. The smallest absolute Gasteiger partial charge is 0.359 e. The zero-order valence-electron chi connectivity index (χ0n) is 19.3. The molecule has 0 aliphatic heterocycles. The number of rotatable bonds is 6. The maximum absolute atomic E-state index is 12.9. The number of nitrogens with zero attached hydrogens (tertiary/aromatic N) is 1. The highest BCUT2D eigenvalue weighted by atomic mass is 35.5. The number of thioether (sulfide) groups is 1. The Balaban J connectivity index is 2.09. The Morgan fingerprint density at radius 2 is 1.97 bits per heavy atom. The Labute approximate surface area is 207 Å². The number of pyridine rings is 1. The minimum Gasteiger partial charge on any atom is -0.455 e. The standard InChI is InChI=1S/C24H26Cl2N2O4S/c1-7-33-23-18(26)20(29)15-11-12(2)10-14(21(15)31-23)13(3)27-16-8-9-17(25)28-19(16)22(30)32-24(4,5)6/h8-11,13,27H,7H2,1-6H3/t13-/m1/s1. The van der Waals surface area contributed by atoms with Gasteiger partial charge in [-0.2, -0.15) is 0 Å². The van der Waals surface area contributed by atoms with Gasteiger partial charge in [-0.05, 0) is 64.1 Å². The number of nitrogens with one attached hydrogen (secondary N) is 1. The minimum absolute atomic E-state index is 0.0768. The van der Waals surface area contributed by atoms with E-state index in [0.717, 1.165) is 11.1 Å². The number of ether oxygens (including phenoxy) is 1. The number of esters is 1. The number of aromatic nitrogens is 1. The van der Waals surface area contributed by atoms with Crippen LogP contribution < -0.4 is 10.7 Å². The lowest BCUT2D eigenvalue weighted by Gasteiger charge is -2.22. The molecule has 0 spiro atoms. The van der Waals surface area contributed by atoms with Crippen molar-refractivity contribution in [2.45, 2.75) is 58.3 Å². The summed E-state index contributed by atoms with van der Waals surface area (Å²) in [4.78, 5) is 29.8. The van der Waals surface area contributed by atoms with Gasteiger partial charge in [0.2, 0.25) is 5.43 Å². The third-order valence-corrected chi connectivity index (χ3v) is 6.15. The molecule has 3 aromatic rings. The van der Waals surface area contributed by atoms with Crippen molar-refractivity contribution in [1.29, 1.82) is 0 Å². The van der Waals surface area contributed by atoms with Crippen LogP contribution in [0.5, 0.6) is 0 Å². The van der Waals surface area contributed by atoms with Crippen molar-refractivity contribution in [2.24, 2.45) is 0 Å². The van der Waals surface area contributed by atoms with E-state index >= 15 is 0 Å². The number of carbonyl (C=O) groups is 1. The molecule has 33 heavy (non-hydrogen) atoms. The van der Waals surface area contributed by atoms with E-state index in [1.54, 1.807) is 39.0 Å². The molecule has 2 heterocycles. The van der Waals surface area contributed by atoms with Gasteiger partial charge in [0.15, 0.2) is 10.8 Å². The van der Waals surface area contributed by atoms with E-state index in [2.05, 4.69) is 10.3 Å². The van der Waals surface area contributed by atoms with Gasteiger partial charge in [0.25, 0.3) is 0 Å². The first kappa shape index (κ1) is 25.4. The lowest BCUT2D eigenvalue weighted by atomic mass is 10.0. The van der Waals surface area contributed by atoms with Gasteiger partial charge in [-0.15, -0.1) is 0 Å². The Morgan fingerprint density at radius 3 is 2.61 bits per heavy atom. The van der Waals surface area contributed by atoms with Gasteiger partial charge in [-0.3, -0.25) is 4.79 Å². The molecule has 2 aromatic heterocycles. The first-order valence-electron chi connectivity index (χ1n) is 10.5. The van der Waals surface area contributed by atoms with E-state index in [1.165, 1.54) is 11.8 Å². The van der Waals surface area contributed by atoms with Crippen LogP contribution in [-0.2, 0) is 4.74 Å². The average Bonchev–Trinajstić information content (AvgIpc) is 2.72. The van der Waals surface area contributed by atoms with Crippen LogP contribution in [0.1, 0.15) is 62.3 Å². The number of carbonyl (C=O) groups excluding carboxylic acids is 1. The number of benzene rings is 1. The zero-order valence-corrected chi connectivity index (χ0v) is 21.7. The molecule has 0 radical (unpaired) electrons. The van der Waals surface area contributed by atoms with Gasteiger partial charge in [0, 0.05) is 5.56 Å². The molecule has 0 bridgehead atoms. The number of halogens is 2. The van der Waals surface area contributed by atoms with E-state index in [1.807, 2.05) is 26.8 Å². The largest absolute Gasteiger partial charge is 0.455 e. The van der Waals surface area contributed by atoms with Crippen molar-refractivity contribution >= 4 is 57.6 Å². The fourth-order valence-electron chi connectivity index (χ4n) is 3.32. The molecular weight excluding hydrogens is 483 g/mol. The molecular formula is C24H26Cl2N2O4S. The number of hydrogen-bond acceptors (Lipinski definition) is 7. The lowest BCUT2D eigenvalue weighted by molar-refractivity contribution is 0.00640. The van der Waals surface area contributed by atoms with Crippen LogP contribution >= 0.6 is 35.0 Å². The second-order valence-electron chi connectivity index (χ2n) is 8.59. The van der Waals surface area contributed by atoms with Crippen molar-refractivity contribution in [3.8, 4) is 0 Å². The van der Waals surface area contributed by atoms with E-state index in [9.17, 15) is 9.59 Å². The molecule has 3 rings (SSSR count). The Bertz CT molecular complexity index is 1270. The van der Waals surface area contributed by atoms with Crippen LogP contribution in [0.3, 0.4) is 0 Å². The van der Waals surface area contributed by atoms with Crippen LogP contribution in [-0.4, -0.2) is 22.3 Å². The molecule has 0 aliphatic rings. The lowest BCUT2D eigenvalue weighted by Crippen LogP contribution is -2.25. The summed E-state index contributed by atoms with van der Waals surface area (Å²) in [6.07, 6.45) is 0. The van der Waals surface area contributed by atoms with Gasteiger partial charge in [0.05, 0.1) is 17.1 Å². The van der Waals surface area contributed by atoms with Crippen molar-refractivity contribution in [2.75, 3.05) is 11.1 Å². The number of anilines is 1. The monoisotopic (exact) mass is 508 g/mol. The van der Waals surface area contributed by atoms with Crippen LogP contribution in [0.2, 0.25) is 10.2 Å². The first-order valence-corrected chi connectivity index (χ1v) is 12.2. The highest BCUT2D eigenvalue weighted by Gasteiger charge is 2.24. The van der Waals surface area contributed by atoms with Gasteiger partial charge >= 0.3 is 5.97 Å². The molecule has 0 saturated heterocycles. The number of fused-ring (bicyclic) bond motifs is 1. The molecule has 1 aromatic carbocycles. The summed E-state index contributed by atoms with van der Waals surface area (Å²) in [5.41, 5.74) is 1.66. The van der Waals surface area contributed by atoms with Gasteiger partial charge in [-0.1, -0.05) is 48.0 Å². The summed E-state index contributed by atoms with van der Waals surface area (Å²) in [6, 6.07) is 6.62. The van der Waals surface area contributed by atoms with Crippen molar-refractivity contribution < 1.29 is 13.9 Å². The first-order chi connectivity index (χ1) is 15.4. The molecule has 176 valence electrons. The fraction of sp³-hybridized carbons (Fsp3) is 0.375. The van der Waals surface area contributed by atoms with Crippen molar-refractivity contribution in [3.05, 3.63) is 61.5 Å².